The summed E-state index contributed by atoms with van der Waals surface area (Å²) in [5.74, 6) is -0.419. The second-order valence-corrected chi connectivity index (χ2v) is 8.12. The van der Waals surface area contributed by atoms with Gasteiger partial charge in [0.1, 0.15) is 10.8 Å². The summed E-state index contributed by atoms with van der Waals surface area (Å²) >= 11 is 13.5. The molecule has 5 nitrogen and oxygen atoms in total. The third-order valence-corrected chi connectivity index (χ3v) is 6.18. The van der Waals surface area contributed by atoms with Crippen molar-refractivity contribution in [2.24, 2.45) is 5.73 Å². The predicted octanol–water partition coefficient (Wildman–Crippen LogP) is 5.15. The number of aryl methyl sites for hydroxylation is 1. The lowest BCUT2D eigenvalue weighted by molar-refractivity contribution is 0.0998. The standard InChI is InChI=1S/C19H14Cl2N2O3S/c20-9-4-5-10(12(21)8-9)13-6-7-14(26-13)18(25)23-19-16(17(22)24)11-2-1-3-15(11)27-19/h4-8H,1-3H2,(H2,22,24)(H,23,25). The number of hydrogen-bond acceptors (Lipinski definition) is 4. The molecule has 0 saturated heterocycles. The number of amides is 2. The third-order valence-electron chi connectivity index (χ3n) is 4.42. The highest BCUT2D eigenvalue weighted by atomic mass is 35.5. The molecule has 4 rings (SSSR count). The zero-order valence-electron chi connectivity index (χ0n) is 14.0. The number of hydrogen-bond donors (Lipinski definition) is 2. The first kappa shape index (κ1) is 18.1. The number of carbonyl (C=O) groups excluding carboxylic acids is 2. The van der Waals surface area contributed by atoms with E-state index in [1.54, 1.807) is 30.3 Å². The molecule has 0 atom stereocenters. The SMILES string of the molecule is NC(=O)c1c(NC(=O)c2ccc(-c3ccc(Cl)cc3Cl)o2)sc2c1CCC2. The molecule has 0 unspecified atom stereocenters. The maximum Gasteiger partial charge on any atom is 0.292 e. The van der Waals surface area contributed by atoms with Crippen LogP contribution in [0.3, 0.4) is 0 Å². The molecule has 0 saturated carbocycles. The van der Waals surface area contributed by atoms with Crippen LogP contribution >= 0.6 is 34.5 Å². The fourth-order valence-corrected chi connectivity index (χ4v) is 5.00. The Hall–Kier alpha value is -2.28. The van der Waals surface area contributed by atoms with E-state index in [1.807, 2.05) is 0 Å². The van der Waals surface area contributed by atoms with Crippen LogP contribution in [0.2, 0.25) is 10.0 Å². The number of thiophene rings is 1. The first-order chi connectivity index (χ1) is 12.9. The van der Waals surface area contributed by atoms with Gasteiger partial charge in [0.15, 0.2) is 5.76 Å². The predicted molar refractivity (Wildman–Crippen MR) is 107 cm³/mol. The number of fused-ring (bicyclic) bond motifs is 1. The van der Waals surface area contributed by atoms with E-state index in [4.69, 9.17) is 33.4 Å². The van der Waals surface area contributed by atoms with Crippen molar-refractivity contribution >= 4 is 51.4 Å². The highest BCUT2D eigenvalue weighted by molar-refractivity contribution is 7.17. The molecule has 1 aromatic carbocycles. The molecule has 138 valence electrons. The molecular weight excluding hydrogens is 407 g/mol. The van der Waals surface area contributed by atoms with Crippen molar-refractivity contribution in [3.8, 4) is 11.3 Å². The van der Waals surface area contributed by atoms with Crippen molar-refractivity contribution in [3.63, 3.8) is 0 Å². The van der Waals surface area contributed by atoms with Gasteiger partial charge in [-0.15, -0.1) is 11.3 Å². The topological polar surface area (TPSA) is 85.3 Å². The number of furan rings is 1. The minimum atomic E-state index is -0.530. The zero-order valence-corrected chi connectivity index (χ0v) is 16.3. The Balaban J connectivity index is 1.60. The molecule has 0 fully saturated rings. The molecule has 2 aromatic heterocycles. The molecule has 2 heterocycles. The van der Waals surface area contributed by atoms with Gasteiger partial charge < -0.3 is 15.5 Å². The van der Waals surface area contributed by atoms with Crippen LogP contribution in [0.15, 0.2) is 34.7 Å². The summed E-state index contributed by atoms with van der Waals surface area (Å²) in [7, 11) is 0. The zero-order chi connectivity index (χ0) is 19.1. The number of nitrogens with two attached hydrogens (primary N) is 1. The smallest absolute Gasteiger partial charge is 0.292 e. The molecule has 3 N–H and O–H groups in total. The summed E-state index contributed by atoms with van der Waals surface area (Å²) in [6, 6.07) is 8.23. The van der Waals surface area contributed by atoms with E-state index in [0.717, 1.165) is 29.7 Å². The van der Waals surface area contributed by atoms with Gasteiger partial charge in [-0.25, -0.2) is 0 Å². The number of anilines is 1. The molecule has 1 aliphatic carbocycles. The Morgan fingerprint density at radius 2 is 1.96 bits per heavy atom. The lowest BCUT2D eigenvalue weighted by Crippen LogP contribution is -2.17. The molecule has 2 amide bonds. The minimum absolute atomic E-state index is 0.111. The molecule has 27 heavy (non-hydrogen) atoms. The van der Waals surface area contributed by atoms with Crippen LogP contribution in [0.1, 0.15) is 37.8 Å². The number of halogens is 2. The quantitative estimate of drug-likeness (QED) is 0.611. The first-order valence-electron chi connectivity index (χ1n) is 8.25. The van der Waals surface area contributed by atoms with Crippen molar-refractivity contribution in [1.82, 2.24) is 0 Å². The third kappa shape index (κ3) is 3.36. The summed E-state index contributed by atoms with van der Waals surface area (Å²) in [5, 5.41) is 4.17. The first-order valence-corrected chi connectivity index (χ1v) is 9.82. The summed E-state index contributed by atoms with van der Waals surface area (Å²) in [6.07, 6.45) is 2.70. The van der Waals surface area contributed by atoms with Gasteiger partial charge in [-0.2, -0.15) is 0 Å². The average Bonchev–Trinajstić information content (AvgIpc) is 3.29. The largest absolute Gasteiger partial charge is 0.451 e. The molecule has 1 aliphatic rings. The van der Waals surface area contributed by atoms with E-state index < -0.39 is 11.8 Å². The summed E-state index contributed by atoms with van der Waals surface area (Å²) in [6.45, 7) is 0. The second-order valence-electron chi connectivity index (χ2n) is 6.17. The molecule has 3 aromatic rings. The fraction of sp³-hybridized carbons (Fsp3) is 0.158. The monoisotopic (exact) mass is 420 g/mol. The molecule has 0 spiro atoms. The number of primary amides is 1. The van der Waals surface area contributed by atoms with Crippen LogP contribution in [0.5, 0.6) is 0 Å². The molecule has 0 bridgehead atoms. The molecule has 0 radical (unpaired) electrons. The Morgan fingerprint density at radius 3 is 2.70 bits per heavy atom. The van der Waals surface area contributed by atoms with E-state index in [2.05, 4.69) is 5.32 Å². The van der Waals surface area contributed by atoms with Crippen molar-refractivity contribution in [2.75, 3.05) is 5.32 Å². The van der Waals surface area contributed by atoms with Gasteiger partial charge in [-0.1, -0.05) is 23.2 Å². The van der Waals surface area contributed by atoms with E-state index in [1.165, 1.54) is 11.3 Å². The second kappa shape index (κ2) is 7.03. The van der Waals surface area contributed by atoms with Crippen LogP contribution < -0.4 is 11.1 Å². The van der Waals surface area contributed by atoms with Crippen LogP contribution in [-0.4, -0.2) is 11.8 Å². The van der Waals surface area contributed by atoms with Crippen molar-refractivity contribution in [2.45, 2.75) is 19.3 Å². The summed E-state index contributed by atoms with van der Waals surface area (Å²) < 4.78 is 5.65. The van der Waals surface area contributed by atoms with Gasteiger partial charge >= 0.3 is 0 Å². The van der Waals surface area contributed by atoms with Gasteiger partial charge in [-0.05, 0) is 55.2 Å². The number of carbonyl (C=O) groups is 2. The highest BCUT2D eigenvalue weighted by Gasteiger charge is 2.27. The van der Waals surface area contributed by atoms with Crippen LogP contribution in [-0.2, 0) is 12.8 Å². The summed E-state index contributed by atoms with van der Waals surface area (Å²) in [5.41, 5.74) is 7.52. The fourth-order valence-electron chi connectivity index (χ4n) is 3.21. The Morgan fingerprint density at radius 1 is 1.15 bits per heavy atom. The minimum Gasteiger partial charge on any atom is -0.451 e. The lowest BCUT2D eigenvalue weighted by atomic mass is 10.1. The highest BCUT2D eigenvalue weighted by Crippen LogP contribution is 2.39. The maximum atomic E-state index is 12.6. The van der Waals surface area contributed by atoms with Crippen LogP contribution in [0, 0.1) is 0 Å². The lowest BCUT2D eigenvalue weighted by Gasteiger charge is -2.05. The Kier molecular flexibility index (Phi) is 4.72. The van der Waals surface area contributed by atoms with Gasteiger partial charge in [0.25, 0.3) is 11.8 Å². The number of nitrogens with one attached hydrogen (secondary N) is 1. The average molecular weight is 421 g/mol. The van der Waals surface area contributed by atoms with Gasteiger partial charge in [0, 0.05) is 15.5 Å². The number of rotatable bonds is 4. The van der Waals surface area contributed by atoms with Crippen molar-refractivity contribution < 1.29 is 14.0 Å². The van der Waals surface area contributed by atoms with Gasteiger partial charge in [0.05, 0.1) is 10.6 Å². The van der Waals surface area contributed by atoms with Crippen molar-refractivity contribution in [3.05, 3.63) is 62.1 Å². The van der Waals surface area contributed by atoms with Crippen LogP contribution in [0.4, 0.5) is 5.00 Å². The van der Waals surface area contributed by atoms with Gasteiger partial charge in [-0.3, -0.25) is 9.59 Å². The number of benzene rings is 1. The maximum absolute atomic E-state index is 12.6. The normalized spacial score (nSPS) is 12.8. The molecule has 8 heteroatoms. The van der Waals surface area contributed by atoms with Crippen molar-refractivity contribution in [1.29, 1.82) is 0 Å². The Bertz CT molecular complexity index is 1070. The molecule has 0 aliphatic heterocycles. The Labute approximate surface area is 169 Å². The van der Waals surface area contributed by atoms with E-state index in [-0.39, 0.29) is 5.76 Å². The van der Waals surface area contributed by atoms with E-state index in [0.29, 0.717) is 31.9 Å². The van der Waals surface area contributed by atoms with E-state index in [9.17, 15) is 9.59 Å². The van der Waals surface area contributed by atoms with E-state index >= 15 is 0 Å². The molecular formula is C19H14Cl2N2O3S. The van der Waals surface area contributed by atoms with Crippen LogP contribution in [0.25, 0.3) is 11.3 Å². The van der Waals surface area contributed by atoms with Gasteiger partial charge in [0.2, 0.25) is 0 Å². The summed E-state index contributed by atoms with van der Waals surface area (Å²) in [4.78, 5) is 25.5.